The number of halogens is 6. The monoisotopic (exact) mass is 804 g/mol. The molecule has 280 valence electrons. The highest BCUT2D eigenvalue weighted by Gasteiger charge is 2.39. The summed E-state index contributed by atoms with van der Waals surface area (Å²) in [5, 5.41) is 21.6. The maximum absolute atomic E-state index is 13.3. The Balaban J connectivity index is 0.000000149. The van der Waals surface area contributed by atoms with Crippen LogP contribution in [0.1, 0.15) is 76.4 Å². The van der Waals surface area contributed by atoms with Crippen molar-refractivity contribution in [1.82, 2.24) is 19.9 Å². The van der Waals surface area contributed by atoms with Gasteiger partial charge in [-0.05, 0) is 87.5 Å². The first-order valence-corrected chi connectivity index (χ1v) is 17.9. The van der Waals surface area contributed by atoms with Crippen molar-refractivity contribution in [1.29, 1.82) is 0 Å². The molecule has 55 heavy (non-hydrogen) atoms. The second kappa shape index (κ2) is 16.3. The van der Waals surface area contributed by atoms with Crippen LogP contribution < -0.4 is 0 Å². The van der Waals surface area contributed by atoms with Crippen LogP contribution in [-0.4, -0.2) is 41.9 Å². The van der Waals surface area contributed by atoms with Gasteiger partial charge < -0.3 is 10.2 Å². The fourth-order valence-electron chi connectivity index (χ4n) is 5.98. The van der Waals surface area contributed by atoms with E-state index in [2.05, 4.69) is 15.0 Å². The average Bonchev–Trinajstić information content (AvgIpc) is 3.39. The van der Waals surface area contributed by atoms with Crippen LogP contribution in [0.25, 0.3) is 32.7 Å². The third kappa shape index (κ3) is 8.41. The number of aliphatic hydroxyl groups is 2. The van der Waals surface area contributed by atoms with Crippen molar-refractivity contribution in [2.75, 3.05) is 0 Å². The summed E-state index contributed by atoms with van der Waals surface area (Å²) in [5.41, 5.74) is 3.80. The number of aliphatic hydroxyl groups excluding tert-OH is 2. The van der Waals surface area contributed by atoms with Crippen molar-refractivity contribution in [3.63, 3.8) is 0 Å². The molecule has 4 aromatic carbocycles. The lowest BCUT2D eigenvalue weighted by atomic mass is 10.1. The van der Waals surface area contributed by atoms with Crippen LogP contribution in [0.15, 0.2) is 97.1 Å². The van der Waals surface area contributed by atoms with E-state index < -0.39 is 24.1 Å². The van der Waals surface area contributed by atoms with E-state index in [1.165, 1.54) is 41.3 Å². The first kappa shape index (κ1) is 39.5. The van der Waals surface area contributed by atoms with E-state index in [9.17, 15) is 33.0 Å². The highest BCUT2D eigenvalue weighted by molar-refractivity contribution is 6.31. The number of nitrogens with zero attached hydrogens (tertiary/aromatic N) is 4. The lowest BCUT2D eigenvalue weighted by Crippen LogP contribution is -2.32. The number of hydrogen-bond donors (Lipinski definition) is 2. The Hall–Kier alpha value is -5.17. The predicted molar refractivity (Wildman–Crippen MR) is 207 cm³/mol. The summed E-state index contributed by atoms with van der Waals surface area (Å²) >= 11 is 18.0. The Kier molecular flexibility index (Phi) is 11.7. The number of benzene rings is 4. The van der Waals surface area contributed by atoms with Crippen molar-refractivity contribution < 1.29 is 33.0 Å². The van der Waals surface area contributed by atoms with E-state index in [0.717, 1.165) is 10.8 Å². The van der Waals surface area contributed by atoms with Crippen molar-refractivity contribution in [3.05, 3.63) is 158 Å². The van der Waals surface area contributed by atoms with Gasteiger partial charge in [0.1, 0.15) is 32.9 Å². The number of hydrogen-bond acceptors (Lipinski definition) is 7. The molecule has 0 saturated heterocycles. The van der Waals surface area contributed by atoms with Crippen molar-refractivity contribution in [3.8, 4) is 0 Å². The van der Waals surface area contributed by atoms with Gasteiger partial charge in [-0.2, -0.15) is 0 Å². The topological polar surface area (TPSA) is 117 Å². The highest BCUT2D eigenvalue weighted by Crippen LogP contribution is 2.35. The summed E-state index contributed by atoms with van der Waals surface area (Å²) in [6, 6.07) is 24.0. The molecule has 3 aromatic heterocycles. The number of fused-ring (bicyclic) bond motifs is 4. The van der Waals surface area contributed by atoms with Gasteiger partial charge >= 0.3 is 0 Å². The lowest BCUT2D eigenvalue weighted by Gasteiger charge is -2.23. The number of amides is 2. The number of aromatic nitrogens is 3. The molecule has 4 heterocycles. The fourth-order valence-corrected chi connectivity index (χ4v) is 6.89. The zero-order valence-corrected chi connectivity index (χ0v) is 31.5. The third-order valence-corrected chi connectivity index (χ3v) is 9.75. The summed E-state index contributed by atoms with van der Waals surface area (Å²) in [6.07, 6.45) is -1.36. The van der Waals surface area contributed by atoms with Crippen LogP contribution in [0.5, 0.6) is 0 Å². The summed E-state index contributed by atoms with van der Waals surface area (Å²) < 4.78 is 39.1. The van der Waals surface area contributed by atoms with Gasteiger partial charge in [0, 0.05) is 51.0 Å². The van der Waals surface area contributed by atoms with Gasteiger partial charge in [0.2, 0.25) is 0 Å². The average molecular weight is 806 g/mol. The van der Waals surface area contributed by atoms with Crippen molar-refractivity contribution in [2.45, 2.75) is 39.0 Å². The zero-order valence-electron chi connectivity index (χ0n) is 29.2. The molecule has 0 aliphatic carbocycles. The lowest BCUT2D eigenvalue weighted by molar-refractivity contribution is 0.0595. The largest absolute Gasteiger partial charge is 0.389 e. The van der Waals surface area contributed by atoms with Crippen LogP contribution in [0.2, 0.25) is 15.5 Å². The summed E-state index contributed by atoms with van der Waals surface area (Å²) in [5.74, 6) is -1.82. The summed E-state index contributed by atoms with van der Waals surface area (Å²) in [7, 11) is 0. The van der Waals surface area contributed by atoms with E-state index in [1.807, 2.05) is 0 Å². The maximum Gasteiger partial charge on any atom is 0.262 e. The molecule has 3 atom stereocenters. The van der Waals surface area contributed by atoms with Gasteiger partial charge in [0.05, 0.1) is 45.9 Å². The van der Waals surface area contributed by atoms with E-state index >= 15 is 0 Å². The van der Waals surface area contributed by atoms with Crippen LogP contribution >= 0.6 is 34.8 Å². The quantitative estimate of drug-likeness (QED) is 0.134. The van der Waals surface area contributed by atoms with Crippen LogP contribution in [-0.2, 0) is 0 Å². The molecule has 7 aromatic rings. The number of carbonyl (C=O) groups excluding carboxylic acids is 2. The van der Waals surface area contributed by atoms with Crippen LogP contribution in [0.3, 0.4) is 0 Å². The van der Waals surface area contributed by atoms with E-state index in [4.69, 9.17) is 34.8 Å². The van der Waals surface area contributed by atoms with Crippen molar-refractivity contribution in [2.24, 2.45) is 0 Å². The van der Waals surface area contributed by atoms with E-state index in [-0.39, 0.29) is 38.9 Å². The maximum atomic E-state index is 13.3. The SMILES string of the molecule is CC(O)c1cc2ccc(F)cc2nc1Cl.C[C@@H](O)c1cc2ccc(F)cc2nc1Cl.C[C@@H](c1cc2ccc(F)cc2nc1Cl)N1C(=O)c2ccccc2C1=O. The first-order valence-electron chi connectivity index (χ1n) is 16.7. The van der Waals surface area contributed by atoms with Crippen LogP contribution in [0, 0.1) is 17.5 Å². The van der Waals surface area contributed by atoms with Crippen LogP contribution in [0.4, 0.5) is 13.2 Å². The molecule has 0 fully saturated rings. The molecule has 8 nitrogen and oxygen atoms in total. The zero-order chi connectivity index (χ0) is 39.7. The number of pyridine rings is 3. The van der Waals surface area contributed by atoms with Gasteiger partial charge in [-0.3, -0.25) is 14.5 Å². The number of rotatable bonds is 4. The van der Waals surface area contributed by atoms with Gasteiger partial charge in [0.25, 0.3) is 11.8 Å². The van der Waals surface area contributed by atoms with E-state index in [0.29, 0.717) is 49.8 Å². The molecule has 1 unspecified atom stereocenters. The minimum Gasteiger partial charge on any atom is -0.389 e. The fraction of sp³-hybridized carbons (Fsp3) is 0.146. The first-order chi connectivity index (χ1) is 26.1. The molecular weight excluding hydrogens is 776 g/mol. The number of imide groups is 1. The predicted octanol–water partition coefficient (Wildman–Crippen LogP) is 10.5. The highest BCUT2D eigenvalue weighted by atomic mass is 35.5. The molecule has 0 radical (unpaired) electrons. The normalized spacial score (nSPS) is 13.9. The molecule has 0 saturated carbocycles. The second-order valence-corrected chi connectivity index (χ2v) is 13.7. The molecule has 1 aliphatic rings. The second-order valence-electron chi connectivity index (χ2n) is 12.7. The Bertz CT molecular complexity index is 2500. The Morgan fingerprint density at radius 3 is 1.20 bits per heavy atom. The molecule has 2 N–H and O–H groups in total. The molecule has 2 amide bonds. The minimum absolute atomic E-state index is 0.141. The molecule has 1 aliphatic heterocycles. The Morgan fingerprint density at radius 1 is 0.527 bits per heavy atom. The minimum atomic E-state index is -0.681. The summed E-state index contributed by atoms with van der Waals surface area (Å²) in [6.45, 7) is 4.94. The Labute approximate surface area is 327 Å². The van der Waals surface area contributed by atoms with Gasteiger partial charge in [0.15, 0.2) is 0 Å². The van der Waals surface area contributed by atoms with Gasteiger partial charge in [-0.1, -0.05) is 46.9 Å². The standard InChI is InChI=1S/C19H12ClFN2O2.2C11H9ClFNO/c1-10(23-18(24)13-4-2-3-5-14(13)19(23)25)15-8-11-6-7-12(21)9-16(11)22-17(15)20;2*1-6(15)9-4-7-2-3-8(13)5-10(7)14-11(9)12/h2-10H,1H3;2*2-6,15H,1H3/t10-;6-;/m01./s1. The van der Waals surface area contributed by atoms with E-state index in [1.54, 1.807) is 81.4 Å². The van der Waals surface area contributed by atoms with Gasteiger partial charge in [-0.25, -0.2) is 28.1 Å². The smallest absolute Gasteiger partial charge is 0.262 e. The van der Waals surface area contributed by atoms with Crippen molar-refractivity contribution >= 4 is 79.3 Å². The Morgan fingerprint density at radius 2 is 0.855 bits per heavy atom. The number of carbonyl (C=O) groups is 2. The third-order valence-electron chi connectivity index (χ3n) is 8.84. The van der Waals surface area contributed by atoms with Gasteiger partial charge in [-0.15, -0.1) is 0 Å². The molecule has 0 bridgehead atoms. The molecular formula is C41H30Cl3F3N4O4. The summed E-state index contributed by atoms with van der Waals surface area (Å²) in [4.78, 5) is 38.7. The molecule has 0 spiro atoms. The molecule has 14 heteroatoms. The molecule has 8 rings (SSSR count).